The van der Waals surface area contributed by atoms with E-state index in [0.717, 1.165) is 11.6 Å². The van der Waals surface area contributed by atoms with Crippen molar-refractivity contribution in [2.75, 3.05) is 11.8 Å². The number of benzene rings is 3. The fourth-order valence-electron chi connectivity index (χ4n) is 2.78. The molecule has 0 atom stereocenters. The number of carbonyl (C=O) groups is 1. The number of rotatable bonds is 7. The molecule has 0 radical (unpaired) electrons. The highest BCUT2D eigenvalue weighted by atomic mass is 32.2. The molecule has 0 saturated heterocycles. The molecule has 8 heteroatoms. The molecule has 0 aromatic heterocycles. The SMILES string of the molecule is COc1ccc(CNC(=O)c2cc(S(=O)(=O)Nc3ccccc3F)ccc2C)cc1. The molecule has 0 aliphatic carbocycles. The number of methoxy groups -OCH3 is 1. The van der Waals surface area contributed by atoms with Crippen LogP contribution in [0, 0.1) is 12.7 Å². The summed E-state index contributed by atoms with van der Waals surface area (Å²) >= 11 is 0. The van der Waals surface area contributed by atoms with Gasteiger partial charge in [0, 0.05) is 12.1 Å². The van der Waals surface area contributed by atoms with Crippen LogP contribution in [0.1, 0.15) is 21.5 Å². The van der Waals surface area contributed by atoms with Crippen LogP contribution < -0.4 is 14.8 Å². The van der Waals surface area contributed by atoms with E-state index in [0.29, 0.717) is 11.3 Å². The number of halogens is 1. The first-order chi connectivity index (χ1) is 14.3. The molecule has 6 nitrogen and oxygen atoms in total. The average Bonchev–Trinajstić information content (AvgIpc) is 2.74. The second-order valence-electron chi connectivity index (χ2n) is 6.59. The third-order valence-corrected chi connectivity index (χ3v) is 5.86. The van der Waals surface area contributed by atoms with Crippen molar-refractivity contribution in [3.05, 3.63) is 89.2 Å². The van der Waals surface area contributed by atoms with Gasteiger partial charge in [-0.2, -0.15) is 0 Å². The van der Waals surface area contributed by atoms with E-state index in [1.807, 2.05) is 12.1 Å². The first-order valence-electron chi connectivity index (χ1n) is 9.09. The predicted molar refractivity (Wildman–Crippen MR) is 113 cm³/mol. The molecule has 3 aromatic carbocycles. The minimum Gasteiger partial charge on any atom is -0.497 e. The van der Waals surface area contributed by atoms with Crippen molar-refractivity contribution in [2.24, 2.45) is 0 Å². The molecule has 0 unspecified atom stereocenters. The maximum absolute atomic E-state index is 13.8. The fraction of sp³-hybridized carbons (Fsp3) is 0.136. The molecule has 30 heavy (non-hydrogen) atoms. The Labute approximate surface area is 174 Å². The van der Waals surface area contributed by atoms with E-state index >= 15 is 0 Å². The summed E-state index contributed by atoms with van der Waals surface area (Å²) in [5, 5.41) is 2.78. The molecule has 2 N–H and O–H groups in total. The fourth-order valence-corrected chi connectivity index (χ4v) is 3.87. The summed E-state index contributed by atoms with van der Waals surface area (Å²) < 4.78 is 46.4. The molecular weight excluding hydrogens is 407 g/mol. The summed E-state index contributed by atoms with van der Waals surface area (Å²) in [5.74, 6) is -0.391. The monoisotopic (exact) mass is 428 g/mol. The third kappa shape index (κ3) is 4.96. The Kier molecular flexibility index (Phi) is 6.37. The van der Waals surface area contributed by atoms with Crippen molar-refractivity contribution in [3.63, 3.8) is 0 Å². The minimum absolute atomic E-state index is 0.133. The summed E-state index contributed by atoms with van der Waals surface area (Å²) in [6, 6.07) is 16.9. The maximum Gasteiger partial charge on any atom is 0.262 e. The molecule has 0 aliphatic rings. The zero-order valence-electron chi connectivity index (χ0n) is 16.5. The van der Waals surface area contributed by atoms with Crippen LogP contribution >= 0.6 is 0 Å². The molecule has 0 spiro atoms. The van der Waals surface area contributed by atoms with Gasteiger partial charge in [-0.15, -0.1) is 0 Å². The van der Waals surface area contributed by atoms with Crippen LogP contribution in [0.25, 0.3) is 0 Å². The van der Waals surface area contributed by atoms with Gasteiger partial charge >= 0.3 is 0 Å². The highest BCUT2D eigenvalue weighted by Crippen LogP contribution is 2.21. The van der Waals surface area contributed by atoms with Crippen LogP contribution in [-0.2, 0) is 16.6 Å². The number of para-hydroxylation sites is 1. The van der Waals surface area contributed by atoms with E-state index in [2.05, 4.69) is 10.0 Å². The summed E-state index contributed by atoms with van der Waals surface area (Å²) in [4.78, 5) is 12.5. The van der Waals surface area contributed by atoms with E-state index in [1.54, 1.807) is 26.2 Å². The van der Waals surface area contributed by atoms with Crippen LogP contribution in [0.15, 0.2) is 71.6 Å². The molecule has 0 bridgehead atoms. The Hall–Kier alpha value is -3.39. The molecule has 3 rings (SSSR count). The van der Waals surface area contributed by atoms with Crippen LogP contribution in [0.5, 0.6) is 5.75 Å². The smallest absolute Gasteiger partial charge is 0.262 e. The van der Waals surface area contributed by atoms with Gasteiger partial charge in [0.2, 0.25) is 0 Å². The third-order valence-electron chi connectivity index (χ3n) is 4.49. The standard InChI is InChI=1S/C22H21FN2O4S/c1-15-7-12-18(30(27,28)25-21-6-4-3-5-20(21)23)13-19(15)22(26)24-14-16-8-10-17(29-2)11-9-16/h3-13,25H,14H2,1-2H3,(H,24,26). The number of anilines is 1. The quantitative estimate of drug-likeness (QED) is 0.598. The lowest BCUT2D eigenvalue weighted by Crippen LogP contribution is -2.24. The maximum atomic E-state index is 13.8. The number of ether oxygens (including phenoxy) is 1. The summed E-state index contributed by atoms with van der Waals surface area (Å²) in [5.41, 5.74) is 1.54. The van der Waals surface area contributed by atoms with Crippen molar-refractivity contribution in [1.29, 1.82) is 0 Å². The van der Waals surface area contributed by atoms with Crippen LogP contribution in [0.3, 0.4) is 0 Å². The van der Waals surface area contributed by atoms with Gasteiger partial charge in [-0.1, -0.05) is 30.3 Å². The van der Waals surface area contributed by atoms with Crippen LogP contribution in [-0.4, -0.2) is 21.4 Å². The first-order valence-corrected chi connectivity index (χ1v) is 10.6. The number of hydrogen-bond acceptors (Lipinski definition) is 4. The number of sulfonamides is 1. The topological polar surface area (TPSA) is 84.5 Å². The van der Waals surface area contributed by atoms with Crippen molar-refractivity contribution in [2.45, 2.75) is 18.4 Å². The van der Waals surface area contributed by atoms with Gasteiger partial charge in [0.15, 0.2) is 0 Å². The molecule has 0 aliphatic heterocycles. The Morgan fingerprint density at radius 1 is 1.03 bits per heavy atom. The van der Waals surface area contributed by atoms with E-state index in [4.69, 9.17) is 4.74 Å². The van der Waals surface area contributed by atoms with Gasteiger partial charge in [0.25, 0.3) is 15.9 Å². The average molecular weight is 428 g/mol. The van der Waals surface area contributed by atoms with Gasteiger partial charge in [0.05, 0.1) is 17.7 Å². The molecular formula is C22H21FN2O4S. The number of amides is 1. The largest absolute Gasteiger partial charge is 0.497 e. The lowest BCUT2D eigenvalue weighted by molar-refractivity contribution is 0.0950. The molecule has 156 valence electrons. The highest BCUT2D eigenvalue weighted by Gasteiger charge is 2.19. The predicted octanol–water partition coefficient (Wildman–Crippen LogP) is 3.87. The highest BCUT2D eigenvalue weighted by molar-refractivity contribution is 7.92. The normalized spacial score (nSPS) is 11.0. The molecule has 0 heterocycles. The van der Waals surface area contributed by atoms with Crippen molar-refractivity contribution in [3.8, 4) is 5.75 Å². The number of aryl methyl sites for hydroxylation is 1. The lowest BCUT2D eigenvalue weighted by atomic mass is 10.1. The van der Waals surface area contributed by atoms with Gasteiger partial charge in [-0.3, -0.25) is 9.52 Å². The lowest BCUT2D eigenvalue weighted by Gasteiger charge is -2.12. The van der Waals surface area contributed by atoms with Crippen LogP contribution in [0.4, 0.5) is 10.1 Å². The summed E-state index contributed by atoms with van der Waals surface area (Å²) in [6.45, 7) is 1.98. The molecule has 0 saturated carbocycles. The Morgan fingerprint density at radius 2 is 1.73 bits per heavy atom. The van der Waals surface area contributed by atoms with Gasteiger partial charge in [0.1, 0.15) is 11.6 Å². The number of nitrogens with one attached hydrogen (secondary N) is 2. The molecule has 3 aromatic rings. The van der Waals surface area contributed by atoms with Gasteiger partial charge < -0.3 is 10.1 Å². The van der Waals surface area contributed by atoms with E-state index in [1.165, 1.54) is 36.4 Å². The van der Waals surface area contributed by atoms with E-state index in [-0.39, 0.29) is 22.7 Å². The summed E-state index contributed by atoms with van der Waals surface area (Å²) in [7, 11) is -2.50. The molecule has 1 amide bonds. The Bertz CT molecular complexity index is 1160. The Balaban J connectivity index is 1.78. The summed E-state index contributed by atoms with van der Waals surface area (Å²) in [6.07, 6.45) is 0. The molecule has 0 fully saturated rings. The van der Waals surface area contributed by atoms with Crippen LogP contribution in [0.2, 0.25) is 0 Å². The van der Waals surface area contributed by atoms with Crippen molar-refractivity contribution in [1.82, 2.24) is 5.32 Å². The number of carbonyl (C=O) groups excluding carboxylic acids is 1. The van der Waals surface area contributed by atoms with E-state index in [9.17, 15) is 17.6 Å². The zero-order valence-corrected chi connectivity index (χ0v) is 17.3. The second kappa shape index (κ2) is 8.96. The zero-order chi connectivity index (χ0) is 21.7. The Morgan fingerprint density at radius 3 is 2.40 bits per heavy atom. The first kappa shape index (κ1) is 21.3. The van der Waals surface area contributed by atoms with E-state index < -0.39 is 21.7 Å². The minimum atomic E-state index is -4.07. The second-order valence-corrected chi connectivity index (χ2v) is 8.28. The van der Waals surface area contributed by atoms with Crippen molar-refractivity contribution >= 4 is 21.6 Å². The van der Waals surface area contributed by atoms with Gasteiger partial charge in [-0.25, -0.2) is 12.8 Å². The van der Waals surface area contributed by atoms with Gasteiger partial charge in [-0.05, 0) is 54.4 Å². The number of hydrogen-bond donors (Lipinski definition) is 2. The van der Waals surface area contributed by atoms with Crippen molar-refractivity contribution < 1.29 is 22.3 Å².